The van der Waals surface area contributed by atoms with Crippen LogP contribution in [0.5, 0.6) is 0 Å². The van der Waals surface area contributed by atoms with Crippen LogP contribution >= 0.6 is 0 Å². The monoisotopic (exact) mass is 279 g/mol. The lowest BCUT2D eigenvalue weighted by Gasteiger charge is -2.27. The molecule has 3 N–H and O–H groups in total. The Morgan fingerprint density at radius 1 is 1.55 bits per heavy atom. The van der Waals surface area contributed by atoms with Crippen molar-refractivity contribution in [1.82, 2.24) is 5.32 Å². The normalized spacial score (nSPS) is 16.9. The van der Waals surface area contributed by atoms with Crippen molar-refractivity contribution in [3.8, 4) is 0 Å². The van der Waals surface area contributed by atoms with Crippen molar-refractivity contribution in [2.45, 2.75) is 31.7 Å². The molecule has 1 aromatic rings. The van der Waals surface area contributed by atoms with Gasteiger partial charge in [0, 0.05) is 18.8 Å². The van der Waals surface area contributed by atoms with E-state index in [1.165, 1.54) is 11.6 Å². The quantitative estimate of drug-likeness (QED) is 0.828. The van der Waals surface area contributed by atoms with Crippen molar-refractivity contribution < 1.29 is 9.18 Å². The Hall–Kier alpha value is -1.62. The van der Waals surface area contributed by atoms with Gasteiger partial charge < -0.3 is 16.0 Å². The summed E-state index contributed by atoms with van der Waals surface area (Å²) in [5.74, 6) is -0.541. The molecule has 0 saturated carbocycles. The number of rotatable bonds is 6. The first-order valence-electron chi connectivity index (χ1n) is 6.98. The number of halogens is 1. The van der Waals surface area contributed by atoms with E-state index in [2.05, 4.69) is 10.2 Å². The molecule has 1 aliphatic heterocycles. The second-order valence-electron chi connectivity index (χ2n) is 5.56. The summed E-state index contributed by atoms with van der Waals surface area (Å²) in [4.78, 5) is 13.6. The highest BCUT2D eigenvalue weighted by atomic mass is 19.1. The van der Waals surface area contributed by atoms with Crippen LogP contribution in [0.15, 0.2) is 18.2 Å². The lowest BCUT2D eigenvalue weighted by molar-refractivity contribution is -0.123. The molecular weight excluding hydrogens is 257 g/mol. The second-order valence-corrected chi connectivity index (χ2v) is 5.56. The van der Waals surface area contributed by atoms with Gasteiger partial charge in [0.1, 0.15) is 5.82 Å². The third-order valence-electron chi connectivity index (χ3n) is 4.24. The summed E-state index contributed by atoms with van der Waals surface area (Å²) < 4.78 is 13.3. The molecule has 0 saturated heterocycles. The van der Waals surface area contributed by atoms with Crippen molar-refractivity contribution in [1.29, 1.82) is 0 Å². The summed E-state index contributed by atoms with van der Waals surface area (Å²) in [6.07, 6.45) is 2.45. The fourth-order valence-electron chi connectivity index (χ4n) is 2.65. The van der Waals surface area contributed by atoms with Crippen LogP contribution in [0.25, 0.3) is 0 Å². The molecule has 5 heteroatoms. The molecular formula is C15H22FN3O. The number of hydrogen-bond acceptors (Lipinski definition) is 3. The number of fused-ring (bicyclic) bond motifs is 1. The number of likely N-dealkylation sites (N-methyl/N-ethyl adjacent to an activating group) is 1. The van der Waals surface area contributed by atoms with E-state index in [1.54, 1.807) is 13.1 Å². The topological polar surface area (TPSA) is 58.4 Å². The number of benzene rings is 1. The minimum atomic E-state index is -0.676. The average Bonchev–Trinajstić information content (AvgIpc) is 2.81. The van der Waals surface area contributed by atoms with Crippen LogP contribution in [0.4, 0.5) is 10.1 Å². The van der Waals surface area contributed by atoms with Gasteiger partial charge in [-0.15, -0.1) is 0 Å². The zero-order valence-electron chi connectivity index (χ0n) is 12.1. The van der Waals surface area contributed by atoms with E-state index >= 15 is 0 Å². The highest BCUT2D eigenvalue weighted by Crippen LogP contribution is 2.29. The van der Waals surface area contributed by atoms with E-state index in [0.29, 0.717) is 6.42 Å². The van der Waals surface area contributed by atoms with Crippen LogP contribution in [0.3, 0.4) is 0 Å². The highest BCUT2D eigenvalue weighted by Gasteiger charge is 2.29. The molecule has 0 bridgehead atoms. The summed E-state index contributed by atoms with van der Waals surface area (Å²) in [5, 5.41) is 2.98. The van der Waals surface area contributed by atoms with Crippen molar-refractivity contribution >= 4 is 11.6 Å². The first kappa shape index (κ1) is 14.8. The van der Waals surface area contributed by atoms with E-state index in [-0.39, 0.29) is 11.7 Å². The van der Waals surface area contributed by atoms with Crippen LogP contribution in [-0.2, 0) is 11.2 Å². The summed E-state index contributed by atoms with van der Waals surface area (Å²) >= 11 is 0. The van der Waals surface area contributed by atoms with Crippen molar-refractivity contribution in [3.05, 3.63) is 29.6 Å². The molecule has 110 valence electrons. The average molecular weight is 279 g/mol. The Labute approximate surface area is 119 Å². The number of anilines is 1. The van der Waals surface area contributed by atoms with Crippen molar-refractivity contribution in [2.24, 2.45) is 5.73 Å². The van der Waals surface area contributed by atoms with Gasteiger partial charge in [-0.3, -0.25) is 4.79 Å². The van der Waals surface area contributed by atoms with Crippen LogP contribution in [-0.4, -0.2) is 31.6 Å². The van der Waals surface area contributed by atoms with E-state index in [9.17, 15) is 9.18 Å². The van der Waals surface area contributed by atoms with Crippen LogP contribution in [0.1, 0.15) is 25.3 Å². The zero-order chi connectivity index (χ0) is 14.8. The fourth-order valence-corrected chi connectivity index (χ4v) is 2.65. The molecule has 4 nitrogen and oxygen atoms in total. The molecule has 1 heterocycles. The number of hydrogen-bond donors (Lipinski definition) is 2. The van der Waals surface area contributed by atoms with Crippen LogP contribution in [0.2, 0.25) is 0 Å². The third kappa shape index (κ3) is 2.93. The lowest BCUT2D eigenvalue weighted by Crippen LogP contribution is -2.51. The van der Waals surface area contributed by atoms with Gasteiger partial charge in [-0.1, -0.05) is 6.07 Å². The summed E-state index contributed by atoms with van der Waals surface area (Å²) in [7, 11) is 1.74. The summed E-state index contributed by atoms with van der Waals surface area (Å²) in [6.45, 7) is 3.53. The number of primary amides is 1. The molecule has 0 fully saturated rings. The molecule has 1 atom stereocenters. The maximum Gasteiger partial charge on any atom is 0.237 e. The Kier molecular flexibility index (Phi) is 4.28. The van der Waals surface area contributed by atoms with Gasteiger partial charge in [-0.05, 0) is 50.9 Å². The van der Waals surface area contributed by atoms with E-state index < -0.39 is 5.54 Å². The number of nitrogens with two attached hydrogens (primary N) is 1. The molecule has 1 unspecified atom stereocenters. The van der Waals surface area contributed by atoms with Gasteiger partial charge in [-0.25, -0.2) is 4.39 Å². The predicted molar refractivity (Wildman–Crippen MR) is 78.2 cm³/mol. The molecule has 0 aromatic heterocycles. The molecule has 1 aliphatic rings. The molecule has 2 rings (SSSR count). The SMILES string of the molecule is CNC(C)(CCCN1CCc2ccc(F)cc21)C(N)=O. The van der Waals surface area contributed by atoms with Crippen LogP contribution < -0.4 is 16.0 Å². The largest absolute Gasteiger partial charge is 0.371 e. The van der Waals surface area contributed by atoms with Gasteiger partial charge in [0.15, 0.2) is 0 Å². The first-order chi connectivity index (χ1) is 9.46. The standard InChI is InChI=1S/C15H22FN3O/c1-15(18-2,14(17)20)7-3-8-19-9-6-11-4-5-12(16)10-13(11)19/h4-5,10,18H,3,6-9H2,1-2H3,(H2,17,20). The van der Waals surface area contributed by atoms with Gasteiger partial charge in [0.2, 0.25) is 5.91 Å². The minimum Gasteiger partial charge on any atom is -0.371 e. The second kappa shape index (κ2) is 5.79. The summed E-state index contributed by atoms with van der Waals surface area (Å²) in [5.41, 5.74) is 6.91. The third-order valence-corrected chi connectivity index (χ3v) is 4.24. The highest BCUT2D eigenvalue weighted by molar-refractivity contribution is 5.84. The maximum atomic E-state index is 13.3. The fraction of sp³-hybridized carbons (Fsp3) is 0.533. The molecule has 0 aliphatic carbocycles. The molecule has 0 radical (unpaired) electrons. The predicted octanol–water partition coefficient (Wildman–Crippen LogP) is 1.43. The van der Waals surface area contributed by atoms with Gasteiger partial charge >= 0.3 is 0 Å². The Bertz CT molecular complexity index is 506. The number of amides is 1. The first-order valence-corrected chi connectivity index (χ1v) is 6.98. The lowest BCUT2D eigenvalue weighted by atomic mass is 9.95. The van der Waals surface area contributed by atoms with Gasteiger partial charge in [-0.2, -0.15) is 0 Å². The Morgan fingerprint density at radius 3 is 2.95 bits per heavy atom. The van der Waals surface area contributed by atoms with Crippen LogP contribution in [0, 0.1) is 5.82 Å². The Balaban J connectivity index is 1.94. The number of carbonyl (C=O) groups is 1. The summed E-state index contributed by atoms with van der Waals surface area (Å²) in [6, 6.07) is 4.95. The molecule has 1 aromatic carbocycles. The van der Waals surface area contributed by atoms with E-state index in [0.717, 1.165) is 31.6 Å². The number of nitrogens with one attached hydrogen (secondary N) is 1. The van der Waals surface area contributed by atoms with E-state index in [4.69, 9.17) is 5.73 Å². The maximum absolute atomic E-state index is 13.3. The van der Waals surface area contributed by atoms with Gasteiger partial charge in [0.05, 0.1) is 5.54 Å². The molecule has 1 amide bonds. The zero-order valence-corrected chi connectivity index (χ0v) is 12.1. The van der Waals surface area contributed by atoms with Gasteiger partial charge in [0.25, 0.3) is 0 Å². The Morgan fingerprint density at radius 2 is 2.30 bits per heavy atom. The number of carbonyl (C=O) groups excluding carboxylic acids is 1. The van der Waals surface area contributed by atoms with Crippen molar-refractivity contribution in [2.75, 3.05) is 25.0 Å². The van der Waals surface area contributed by atoms with E-state index in [1.807, 2.05) is 13.0 Å². The smallest absolute Gasteiger partial charge is 0.237 e. The van der Waals surface area contributed by atoms with Crippen molar-refractivity contribution in [3.63, 3.8) is 0 Å². The molecule has 0 spiro atoms. The minimum absolute atomic E-state index is 0.201. The molecule has 20 heavy (non-hydrogen) atoms. The number of nitrogens with zero attached hydrogens (tertiary/aromatic N) is 1.